The number of hydrogen-bond acceptors (Lipinski definition) is 12. The maximum Gasteiger partial charge on any atom is 0.325 e. The van der Waals surface area contributed by atoms with Crippen molar-refractivity contribution in [2.45, 2.75) is 143 Å². The molecule has 2 aromatic rings. The van der Waals surface area contributed by atoms with Crippen LogP contribution in [0, 0.1) is 11.8 Å². The van der Waals surface area contributed by atoms with E-state index < -0.39 is 0 Å². The number of allylic oxidation sites excluding steroid dienone is 6. The third-order valence-corrected chi connectivity index (χ3v) is 13.2. The fourth-order valence-corrected chi connectivity index (χ4v) is 9.37. The van der Waals surface area contributed by atoms with Crippen molar-refractivity contribution in [2.75, 3.05) is 82.6 Å². The Morgan fingerprint density at radius 2 is 0.833 bits per heavy atom. The number of nitrogens with zero attached hydrogens (tertiary/aromatic N) is 4. The zero-order valence-corrected chi connectivity index (χ0v) is 47.0. The number of likely N-dealkylation sites (N-methyl/N-ethyl adjacent to an activating group) is 2. The molecule has 2 aromatic carbocycles. The Labute approximate surface area is 434 Å². The molecule has 12 heteroatoms. The second-order valence-electron chi connectivity index (χ2n) is 21.5. The molecule has 0 bridgehead atoms. The van der Waals surface area contributed by atoms with Crippen LogP contribution in [0.1, 0.15) is 153 Å². The van der Waals surface area contributed by atoms with Crippen LogP contribution in [0.3, 0.4) is 0 Å². The van der Waals surface area contributed by atoms with E-state index in [1.54, 1.807) is 9.80 Å². The van der Waals surface area contributed by atoms with Crippen molar-refractivity contribution in [1.29, 1.82) is 0 Å². The predicted octanol–water partition coefficient (Wildman–Crippen LogP) is 11.5. The number of benzene rings is 2. The summed E-state index contributed by atoms with van der Waals surface area (Å²) in [6.07, 6.45) is 17.1. The summed E-state index contributed by atoms with van der Waals surface area (Å²) in [5.74, 6) is 0.927. The highest BCUT2D eigenvalue weighted by atomic mass is 16.6. The fourth-order valence-electron chi connectivity index (χ4n) is 9.37. The monoisotopic (exact) mass is 997 g/mol. The number of esters is 4. The second kappa shape index (κ2) is 31.0. The lowest BCUT2D eigenvalue weighted by Gasteiger charge is -2.32. The van der Waals surface area contributed by atoms with Crippen molar-refractivity contribution in [1.82, 2.24) is 19.6 Å². The molecule has 0 heterocycles. The summed E-state index contributed by atoms with van der Waals surface area (Å²) in [6, 6.07) is 7.91. The molecule has 0 saturated carbocycles. The molecule has 0 aliphatic heterocycles. The first-order valence-corrected chi connectivity index (χ1v) is 26.4. The van der Waals surface area contributed by atoms with Gasteiger partial charge >= 0.3 is 23.9 Å². The van der Waals surface area contributed by atoms with Gasteiger partial charge in [0.15, 0.2) is 0 Å². The van der Waals surface area contributed by atoms with Crippen LogP contribution < -0.4 is 18.9 Å². The van der Waals surface area contributed by atoms with Crippen molar-refractivity contribution in [3.05, 3.63) is 94.1 Å². The molecule has 4 rings (SSSR count). The molecule has 0 unspecified atom stereocenters. The topological polar surface area (TPSA) is 118 Å². The van der Waals surface area contributed by atoms with Crippen LogP contribution in [0.4, 0.5) is 0 Å². The Morgan fingerprint density at radius 1 is 0.514 bits per heavy atom. The van der Waals surface area contributed by atoms with Crippen LogP contribution in [-0.4, -0.2) is 126 Å². The second-order valence-corrected chi connectivity index (χ2v) is 21.5. The number of hydrogen-bond donors (Lipinski definition) is 0. The van der Waals surface area contributed by atoms with Gasteiger partial charge in [-0.3, -0.25) is 29.0 Å². The standard InChI is InChI=1S/C31H48N2O4.C29H44N2O4/c1-9-10-11-12-24-20-27(36-29(34)15-17-32(5)6)31(26-19-23(4)13-14-25(26)22(2)3)28(21-24)37-30(35)16-18-33(7)8;1-9-10-11-12-22-16-25(34-27(32)18-30(5)6)29(26(17-22)35-28(33)19-31(7)8)24-15-21(4)13-14-23(24)20(2)3/h19-21,25-26H,2,9-18H2,1,3-8H3;15-17,23-24H,2,9-14,18-19H2,1,3-8H3/t25-,26+;23-,24+/m00/s1. The fraction of sp³-hybridized carbons (Fsp3) is 0.600. The highest BCUT2D eigenvalue weighted by molar-refractivity contribution is 5.78. The molecule has 0 aromatic heterocycles. The average molecular weight is 997 g/mol. The Morgan fingerprint density at radius 3 is 1.11 bits per heavy atom. The van der Waals surface area contributed by atoms with Crippen molar-refractivity contribution >= 4 is 23.9 Å². The first-order chi connectivity index (χ1) is 34.0. The van der Waals surface area contributed by atoms with Gasteiger partial charge in [0.1, 0.15) is 23.0 Å². The molecular formula is C60H92N4O8. The van der Waals surface area contributed by atoms with Gasteiger partial charge in [0, 0.05) is 36.1 Å². The molecule has 0 amide bonds. The molecule has 72 heavy (non-hydrogen) atoms. The third kappa shape index (κ3) is 20.9. The van der Waals surface area contributed by atoms with Crippen LogP contribution in [0.2, 0.25) is 0 Å². The van der Waals surface area contributed by atoms with E-state index in [2.05, 4.69) is 59.9 Å². The number of aryl methyl sites for hydroxylation is 2. The minimum Gasteiger partial charge on any atom is -0.426 e. The molecule has 0 saturated heterocycles. The highest BCUT2D eigenvalue weighted by Crippen LogP contribution is 2.49. The molecule has 0 N–H and O–H groups in total. The maximum absolute atomic E-state index is 12.9. The van der Waals surface area contributed by atoms with E-state index in [9.17, 15) is 19.2 Å². The number of carbonyl (C=O) groups excluding carboxylic acids is 4. The van der Waals surface area contributed by atoms with Gasteiger partial charge in [-0.2, -0.15) is 0 Å². The van der Waals surface area contributed by atoms with E-state index in [-0.39, 0.29) is 73.5 Å². The van der Waals surface area contributed by atoms with Crippen molar-refractivity contribution in [3.63, 3.8) is 0 Å². The van der Waals surface area contributed by atoms with Gasteiger partial charge in [-0.15, -0.1) is 0 Å². The molecule has 0 fully saturated rings. The van der Waals surface area contributed by atoms with Gasteiger partial charge in [0.2, 0.25) is 0 Å². The smallest absolute Gasteiger partial charge is 0.325 e. The van der Waals surface area contributed by atoms with Crippen LogP contribution in [0.5, 0.6) is 23.0 Å². The lowest BCUT2D eigenvalue weighted by molar-refractivity contribution is -0.136. The molecule has 0 radical (unpaired) electrons. The molecule has 12 nitrogen and oxygen atoms in total. The van der Waals surface area contributed by atoms with Gasteiger partial charge in [-0.05, 0) is 183 Å². The van der Waals surface area contributed by atoms with Gasteiger partial charge in [-0.1, -0.05) is 87.1 Å². The average Bonchev–Trinajstić information content (AvgIpc) is 3.27. The zero-order valence-electron chi connectivity index (χ0n) is 47.0. The summed E-state index contributed by atoms with van der Waals surface area (Å²) < 4.78 is 24.1. The summed E-state index contributed by atoms with van der Waals surface area (Å²) in [5, 5.41) is 0. The highest BCUT2D eigenvalue weighted by Gasteiger charge is 2.34. The number of unbranched alkanes of at least 4 members (excludes halogenated alkanes) is 4. The number of carbonyl (C=O) groups is 4. The van der Waals surface area contributed by atoms with Gasteiger partial charge in [0.25, 0.3) is 0 Å². The third-order valence-electron chi connectivity index (χ3n) is 13.2. The van der Waals surface area contributed by atoms with Crippen LogP contribution in [0.25, 0.3) is 0 Å². The summed E-state index contributed by atoms with van der Waals surface area (Å²) >= 11 is 0. The van der Waals surface area contributed by atoms with Gasteiger partial charge in [0.05, 0.1) is 25.9 Å². The van der Waals surface area contributed by atoms with E-state index in [1.165, 1.54) is 11.1 Å². The van der Waals surface area contributed by atoms with Crippen molar-refractivity contribution < 1.29 is 38.1 Å². The Bertz CT molecular complexity index is 2110. The summed E-state index contributed by atoms with van der Waals surface area (Å²) in [7, 11) is 15.1. The minimum atomic E-state index is -0.337. The maximum atomic E-state index is 12.9. The molecule has 400 valence electrons. The Balaban J connectivity index is 0.000000381. The first-order valence-electron chi connectivity index (χ1n) is 26.4. The molecule has 0 spiro atoms. The Kier molecular flexibility index (Phi) is 26.4. The zero-order chi connectivity index (χ0) is 53.7. The summed E-state index contributed by atoms with van der Waals surface area (Å²) in [5.41, 5.74) is 8.27. The Hall–Kier alpha value is -4.88. The van der Waals surface area contributed by atoms with Crippen LogP contribution in [0.15, 0.2) is 71.9 Å². The number of rotatable bonds is 26. The largest absolute Gasteiger partial charge is 0.426 e. The molecule has 2 aliphatic carbocycles. The predicted molar refractivity (Wildman–Crippen MR) is 293 cm³/mol. The van der Waals surface area contributed by atoms with E-state index in [0.29, 0.717) is 36.1 Å². The van der Waals surface area contributed by atoms with E-state index in [4.69, 9.17) is 18.9 Å². The first kappa shape index (κ1) is 61.4. The normalized spacial score (nSPS) is 17.8. The lowest BCUT2D eigenvalue weighted by atomic mass is 9.73. The van der Waals surface area contributed by atoms with Crippen LogP contribution in [-0.2, 0) is 32.0 Å². The molecular weight excluding hydrogens is 905 g/mol. The van der Waals surface area contributed by atoms with E-state index in [1.807, 2.05) is 97.4 Å². The minimum absolute atomic E-state index is 0.0794. The van der Waals surface area contributed by atoms with E-state index >= 15 is 0 Å². The van der Waals surface area contributed by atoms with Gasteiger partial charge < -0.3 is 28.7 Å². The van der Waals surface area contributed by atoms with Crippen molar-refractivity contribution in [3.8, 4) is 23.0 Å². The SMILES string of the molecule is C=C(C)[C@@H]1CCC(C)=C[C@H]1c1c(OC(=O)CCN(C)C)cc(CCCCC)cc1OC(=O)CCN(C)C.C=C(C)[C@@H]1CCC(C)=C[C@H]1c1c(OC(=O)CN(C)C)cc(CCCCC)cc1OC(=O)CN(C)C. The summed E-state index contributed by atoms with van der Waals surface area (Å²) in [4.78, 5) is 58.9. The summed E-state index contributed by atoms with van der Waals surface area (Å²) in [6.45, 7) is 22.7. The van der Waals surface area contributed by atoms with Gasteiger partial charge in [-0.25, -0.2) is 0 Å². The lowest BCUT2D eigenvalue weighted by Crippen LogP contribution is -2.28. The molecule has 4 atom stereocenters. The quantitative estimate of drug-likeness (QED) is 0.0386. The van der Waals surface area contributed by atoms with Crippen LogP contribution >= 0.6 is 0 Å². The number of ether oxygens (including phenoxy) is 4. The molecule has 2 aliphatic rings. The van der Waals surface area contributed by atoms with Crippen molar-refractivity contribution in [2.24, 2.45) is 11.8 Å². The van der Waals surface area contributed by atoms with E-state index in [0.717, 1.165) is 110 Å².